The lowest BCUT2D eigenvalue weighted by atomic mass is 10.1. The van der Waals surface area contributed by atoms with E-state index in [0.29, 0.717) is 0 Å². The molecule has 13 rings (SSSR count). The van der Waals surface area contributed by atoms with Gasteiger partial charge in [-0.05, 0) is 84.8 Å². The molecule has 1 aliphatic rings. The van der Waals surface area contributed by atoms with Gasteiger partial charge < -0.3 is 8.98 Å². The molecule has 1 aliphatic heterocycles. The molecule has 5 nitrogen and oxygen atoms in total. The van der Waals surface area contributed by atoms with Crippen LogP contribution in [0, 0.1) is 0 Å². The van der Waals surface area contributed by atoms with E-state index >= 15 is 0 Å². The number of anilines is 3. The van der Waals surface area contributed by atoms with Gasteiger partial charge >= 0.3 is 0 Å². The highest BCUT2D eigenvalue weighted by atomic mass is 28.3. The summed E-state index contributed by atoms with van der Waals surface area (Å²) in [6, 6.07) is 89.0. The van der Waals surface area contributed by atoms with E-state index in [2.05, 4.69) is 259 Å². The number of aryl methyl sites for hydroxylation is 1. The standard InChI is InChI=1S/C61H44N4OSi2/c1-64-54-35-16-15-34-53(54)63-60(64)43-21-18-31-49(41-43)67(45-23-6-2-7-24-45,46-25-8-3-9-26-46)50-32-19-22-44(42-50)65-55-39-38-52-51-33-14-17-36-56(51)66-58(52)59(55)68(47-27-10-4-11-28-47,48-29-12-5-13-30-48)57-37-20-40-62-61(57)65/h2-42H,1H3. The number of hydrogen-bond acceptors (Lipinski definition) is 4. The molecule has 0 N–H and O–H groups in total. The lowest BCUT2D eigenvalue weighted by molar-refractivity contribution is 0.671. The highest BCUT2D eigenvalue weighted by Gasteiger charge is 2.52. The van der Waals surface area contributed by atoms with Crippen molar-refractivity contribution in [2.45, 2.75) is 0 Å². The number of pyridine rings is 1. The van der Waals surface area contributed by atoms with Crippen molar-refractivity contribution in [3.05, 3.63) is 249 Å². The molecule has 9 aromatic carbocycles. The fourth-order valence-electron chi connectivity index (χ4n) is 11.4. The minimum Gasteiger partial charge on any atom is -0.456 e. The van der Waals surface area contributed by atoms with E-state index in [4.69, 9.17) is 14.4 Å². The van der Waals surface area contributed by atoms with Crippen LogP contribution in [0.5, 0.6) is 0 Å². The van der Waals surface area contributed by atoms with Crippen molar-refractivity contribution in [2.75, 3.05) is 4.90 Å². The second-order valence-corrected chi connectivity index (χ2v) is 25.2. The van der Waals surface area contributed by atoms with Crippen molar-refractivity contribution >= 4 is 108 Å². The van der Waals surface area contributed by atoms with Gasteiger partial charge in [0.2, 0.25) is 0 Å². The number of hydrogen-bond donors (Lipinski definition) is 0. The average Bonchev–Trinajstić information content (AvgIpc) is 3.97. The molecule has 68 heavy (non-hydrogen) atoms. The molecule has 0 atom stereocenters. The summed E-state index contributed by atoms with van der Waals surface area (Å²) in [5, 5.41) is 12.4. The summed E-state index contributed by atoms with van der Waals surface area (Å²) in [7, 11) is -4.11. The maximum absolute atomic E-state index is 7.16. The summed E-state index contributed by atoms with van der Waals surface area (Å²) < 4.78 is 9.38. The molecule has 0 radical (unpaired) electrons. The lowest BCUT2D eigenvalue weighted by Gasteiger charge is -2.44. The first-order valence-corrected chi connectivity index (χ1v) is 27.2. The van der Waals surface area contributed by atoms with Gasteiger partial charge in [0.25, 0.3) is 0 Å². The van der Waals surface area contributed by atoms with E-state index in [1.807, 2.05) is 6.20 Å². The fraction of sp³-hybridized carbons (Fsp3) is 0.0164. The molecule has 0 saturated carbocycles. The summed E-state index contributed by atoms with van der Waals surface area (Å²) in [5.74, 6) is 1.88. The minimum atomic E-state index is -3.14. The van der Waals surface area contributed by atoms with Crippen LogP contribution in [0.15, 0.2) is 253 Å². The SMILES string of the molecule is Cn1c(-c2cccc([Si](c3ccccc3)(c3ccccc3)c3cccc(N4c5ccc6c(oc7ccccc76)c5[Si](c5ccccc5)(c5ccccc5)c5cccnc54)c3)c2)nc2ccccc21. The number of furan rings is 1. The molecule has 0 saturated heterocycles. The van der Waals surface area contributed by atoms with Crippen molar-refractivity contribution in [3.63, 3.8) is 0 Å². The Balaban J connectivity index is 1.11. The van der Waals surface area contributed by atoms with Crippen LogP contribution >= 0.6 is 0 Å². The summed E-state index contributed by atoms with van der Waals surface area (Å²) in [5.41, 5.74) is 7.11. The van der Waals surface area contributed by atoms with Crippen molar-refractivity contribution < 1.29 is 4.42 Å². The van der Waals surface area contributed by atoms with E-state index in [-0.39, 0.29) is 0 Å². The highest BCUT2D eigenvalue weighted by Crippen LogP contribution is 2.41. The largest absolute Gasteiger partial charge is 0.456 e. The normalized spacial score (nSPS) is 13.2. The molecule has 322 valence electrons. The number of rotatable bonds is 8. The monoisotopic (exact) mass is 904 g/mol. The fourth-order valence-corrected chi connectivity index (χ4v) is 21.4. The van der Waals surface area contributed by atoms with Gasteiger partial charge in [-0.3, -0.25) is 4.90 Å². The van der Waals surface area contributed by atoms with Gasteiger partial charge in [0.1, 0.15) is 22.8 Å². The predicted octanol–water partition coefficient (Wildman–Crippen LogP) is 9.07. The zero-order chi connectivity index (χ0) is 45.2. The Hall–Kier alpha value is -8.37. The van der Waals surface area contributed by atoms with Gasteiger partial charge in [0, 0.05) is 40.5 Å². The van der Waals surface area contributed by atoms with Gasteiger partial charge in [-0.1, -0.05) is 194 Å². The van der Waals surface area contributed by atoms with Crippen LogP contribution in [-0.2, 0) is 7.05 Å². The maximum Gasteiger partial charge on any atom is 0.191 e. The molecule has 0 spiro atoms. The summed E-state index contributed by atoms with van der Waals surface area (Å²) in [6.07, 6.45) is 1.95. The van der Waals surface area contributed by atoms with Gasteiger partial charge in [0.05, 0.1) is 16.7 Å². The van der Waals surface area contributed by atoms with Crippen molar-refractivity contribution in [1.29, 1.82) is 0 Å². The predicted molar refractivity (Wildman–Crippen MR) is 287 cm³/mol. The molecule has 12 aromatic rings. The molecule has 3 aromatic heterocycles. The third kappa shape index (κ3) is 5.86. The van der Waals surface area contributed by atoms with E-state index < -0.39 is 16.1 Å². The third-order valence-corrected chi connectivity index (χ3v) is 23.8. The molecule has 4 heterocycles. The smallest absolute Gasteiger partial charge is 0.191 e. The number of nitrogens with zero attached hydrogens (tertiary/aromatic N) is 4. The van der Waals surface area contributed by atoms with Gasteiger partial charge in [-0.2, -0.15) is 0 Å². The van der Waals surface area contributed by atoms with Crippen LogP contribution in [0.25, 0.3) is 44.4 Å². The number of aromatic nitrogens is 3. The van der Waals surface area contributed by atoms with Crippen molar-refractivity contribution in [1.82, 2.24) is 14.5 Å². The number of fused-ring (bicyclic) bond motifs is 7. The van der Waals surface area contributed by atoms with Gasteiger partial charge in [-0.15, -0.1) is 0 Å². The topological polar surface area (TPSA) is 47.1 Å². The van der Waals surface area contributed by atoms with Crippen LogP contribution in [0.3, 0.4) is 0 Å². The Labute approximate surface area is 396 Å². The molecule has 0 unspecified atom stereocenters. The van der Waals surface area contributed by atoms with Gasteiger partial charge in [-0.25, -0.2) is 9.97 Å². The third-order valence-electron chi connectivity index (χ3n) is 14.2. The Morgan fingerprint density at radius 2 is 1.10 bits per heavy atom. The molecule has 0 aliphatic carbocycles. The number of benzene rings is 9. The average molecular weight is 905 g/mol. The van der Waals surface area contributed by atoms with E-state index in [1.54, 1.807) is 0 Å². The molecule has 7 heteroatoms. The van der Waals surface area contributed by atoms with Crippen LogP contribution in [0.2, 0.25) is 0 Å². The minimum absolute atomic E-state index is 0.882. The van der Waals surface area contributed by atoms with E-state index in [0.717, 1.165) is 61.6 Å². The first-order chi connectivity index (χ1) is 33.7. The number of imidazole rings is 1. The Morgan fingerprint density at radius 3 is 1.81 bits per heavy atom. The molecule has 0 amide bonds. The summed E-state index contributed by atoms with van der Waals surface area (Å²) in [4.78, 5) is 13.0. The van der Waals surface area contributed by atoms with Crippen LogP contribution in [-0.4, -0.2) is 30.7 Å². The highest BCUT2D eigenvalue weighted by molar-refractivity contribution is 7.22. The van der Waals surface area contributed by atoms with Crippen molar-refractivity contribution in [2.24, 2.45) is 7.05 Å². The first kappa shape index (κ1) is 40.0. The number of para-hydroxylation sites is 3. The molecular formula is C61H44N4OSi2. The maximum atomic E-state index is 7.16. The second-order valence-electron chi connectivity index (χ2n) is 17.7. The molecular weight excluding hydrogens is 861 g/mol. The summed E-state index contributed by atoms with van der Waals surface area (Å²) in [6.45, 7) is 0. The zero-order valence-electron chi connectivity index (χ0n) is 37.4. The lowest BCUT2D eigenvalue weighted by Crippen LogP contribution is -2.77. The Bertz CT molecular complexity index is 3750. The van der Waals surface area contributed by atoms with E-state index in [1.165, 1.54) is 41.5 Å². The Kier molecular flexibility index (Phi) is 9.35. The molecule has 0 fully saturated rings. The van der Waals surface area contributed by atoms with Crippen LogP contribution in [0.1, 0.15) is 0 Å². The first-order valence-electron chi connectivity index (χ1n) is 23.2. The molecule has 0 bridgehead atoms. The zero-order valence-corrected chi connectivity index (χ0v) is 39.4. The van der Waals surface area contributed by atoms with Crippen molar-refractivity contribution in [3.8, 4) is 11.4 Å². The van der Waals surface area contributed by atoms with E-state index in [9.17, 15) is 0 Å². The van der Waals surface area contributed by atoms with Crippen LogP contribution < -0.4 is 46.4 Å². The van der Waals surface area contributed by atoms with Crippen LogP contribution in [0.4, 0.5) is 17.2 Å². The van der Waals surface area contributed by atoms with Gasteiger partial charge in [0.15, 0.2) is 16.1 Å². The quantitative estimate of drug-likeness (QED) is 0.113. The Morgan fingerprint density at radius 1 is 0.500 bits per heavy atom. The second kappa shape index (κ2) is 15.9. The summed E-state index contributed by atoms with van der Waals surface area (Å²) >= 11 is 0.